The van der Waals surface area contributed by atoms with Gasteiger partial charge in [-0.05, 0) is 29.0 Å². The molecular weight excluding hydrogens is 317 g/mol. The first-order chi connectivity index (χ1) is 10.1. The van der Waals surface area contributed by atoms with E-state index in [9.17, 15) is 0 Å². The van der Waals surface area contributed by atoms with Crippen molar-refractivity contribution in [3.05, 3.63) is 53.6 Å². The number of hydrogen-bond donors (Lipinski definition) is 0. The largest absolute Gasteiger partial charge is 0.260 e. The Hall–Kier alpha value is -1.54. The van der Waals surface area contributed by atoms with Crippen LogP contribution in [0.3, 0.4) is 0 Å². The molecule has 1 aromatic carbocycles. The molecular formula is C18H23N3Ni. The van der Waals surface area contributed by atoms with Crippen LogP contribution in [0, 0.1) is 0 Å². The van der Waals surface area contributed by atoms with Gasteiger partial charge in [-0.2, -0.15) is 0 Å². The third-order valence-corrected chi connectivity index (χ3v) is 3.46. The van der Waals surface area contributed by atoms with Crippen LogP contribution in [-0.2, 0) is 22.9 Å². The van der Waals surface area contributed by atoms with Crippen LogP contribution in [0.25, 0.3) is 0 Å². The minimum Gasteiger partial charge on any atom is -0.260 e. The van der Waals surface area contributed by atoms with E-state index < -0.39 is 0 Å². The molecule has 0 amide bonds. The van der Waals surface area contributed by atoms with Crippen LogP contribution in [0.2, 0.25) is 0 Å². The second-order valence-electron chi connectivity index (χ2n) is 5.78. The normalized spacial score (nSPS) is 11.2. The van der Waals surface area contributed by atoms with Crippen molar-refractivity contribution in [2.45, 2.75) is 46.0 Å². The van der Waals surface area contributed by atoms with Crippen molar-refractivity contribution in [3.63, 3.8) is 0 Å². The predicted molar refractivity (Wildman–Crippen MR) is 88.5 cm³/mol. The van der Waals surface area contributed by atoms with E-state index in [1.54, 1.807) is 12.4 Å². The molecule has 3 nitrogen and oxygen atoms in total. The zero-order valence-corrected chi connectivity index (χ0v) is 14.5. The fraction of sp³-hybridized carbons (Fsp3) is 0.389. The Balaban J connectivity index is 0.00000242. The Bertz CT molecular complexity index is 581. The van der Waals surface area contributed by atoms with E-state index in [2.05, 4.69) is 55.9 Å². The van der Waals surface area contributed by atoms with Crippen LogP contribution >= 0.6 is 0 Å². The molecule has 0 spiro atoms. The standard InChI is InChI=1S/C18H23N3.Ni/c1-13(2)15-7-5-8-16(14(3)4)18(15)21-12-9-17-19-10-6-11-20-17;/h5-8,10-14H,9H2,1-4H3;. The van der Waals surface area contributed by atoms with Gasteiger partial charge >= 0.3 is 0 Å². The smallest absolute Gasteiger partial charge is 0.133 e. The number of para-hydroxylation sites is 1. The van der Waals surface area contributed by atoms with Gasteiger partial charge < -0.3 is 0 Å². The summed E-state index contributed by atoms with van der Waals surface area (Å²) >= 11 is 0. The second kappa shape index (κ2) is 8.80. The second-order valence-corrected chi connectivity index (χ2v) is 5.78. The summed E-state index contributed by atoms with van der Waals surface area (Å²) in [5, 5.41) is 0. The molecule has 0 bridgehead atoms. The molecule has 0 aliphatic heterocycles. The van der Waals surface area contributed by atoms with E-state index >= 15 is 0 Å². The van der Waals surface area contributed by atoms with Crippen LogP contribution < -0.4 is 0 Å². The van der Waals surface area contributed by atoms with E-state index in [1.165, 1.54) is 11.1 Å². The first-order valence-corrected chi connectivity index (χ1v) is 7.50. The Morgan fingerprint density at radius 2 is 1.50 bits per heavy atom. The number of benzene rings is 1. The van der Waals surface area contributed by atoms with Gasteiger partial charge in [0.1, 0.15) is 5.82 Å². The van der Waals surface area contributed by atoms with Gasteiger partial charge in [0.15, 0.2) is 0 Å². The maximum Gasteiger partial charge on any atom is 0.133 e. The van der Waals surface area contributed by atoms with Crippen LogP contribution in [0.15, 0.2) is 41.7 Å². The van der Waals surface area contributed by atoms with Crippen molar-refractivity contribution in [1.82, 2.24) is 9.97 Å². The van der Waals surface area contributed by atoms with Crippen molar-refractivity contribution < 1.29 is 16.5 Å². The van der Waals surface area contributed by atoms with E-state index in [0.717, 1.165) is 11.5 Å². The molecule has 0 fully saturated rings. The molecule has 0 atom stereocenters. The van der Waals surface area contributed by atoms with Gasteiger partial charge in [0.05, 0.1) is 5.69 Å². The number of aliphatic imine (C=N–C) groups is 1. The van der Waals surface area contributed by atoms with Crippen LogP contribution in [0.1, 0.15) is 56.5 Å². The van der Waals surface area contributed by atoms with Crippen molar-refractivity contribution in [3.8, 4) is 0 Å². The average Bonchev–Trinajstić information content (AvgIpc) is 2.48. The summed E-state index contributed by atoms with van der Waals surface area (Å²) in [7, 11) is 0. The summed E-state index contributed by atoms with van der Waals surface area (Å²) in [6.45, 7) is 8.83. The molecule has 4 heteroatoms. The Morgan fingerprint density at radius 1 is 0.955 bits per heavy atom. The summed E-state index contributed by atoms with van der Waals surface area (Å²) in [5.74, 6) is 1.72. The third kappa shape index (κ3) is 4.74. The van der Waals surface area contributed by atoms with Gasteiger partial charge in [0.25, 0.3) is 0 Å². The summed E-state index contributed by atoms with van der Waals surface area (Å²) < 4.78 is 0. The Morgan fingerprint density at radius 3 is 2.00 bits per heavy atom. The minimum atomic E-state index is 0. The first-order valence-electron chi connectivity index (χ1n) is 7.50. The van der Waals surface area contributed by atoms with E-state index in [-0.39, 0.29) is 16.5 Å². The van der Waals surface area contributed by atoms with Crippen molar-refractivity contribution in [2.24, 2.45) is 4.99 Å². The molecule has 0 aliphatic carbocycles. The average molecular weight is 340 g/mol. The maximum atomic E-state index is 4.74. The Kier molecular flexibility index (Phi) is 7.40. The monoisotopic (exact) mass is 339 g/mol. The molecule has 0 saturated heterocycles. The van der Waals surface area contributed by atoms with Gasteiger partial charge in [0, 0.05) is 41.5 Å². The molecule has 1 aromatic heterocycles. The maximum absolute atomic E-state index is 4.74. The molecule has 22 heavy (non-hydrogen) atoms. The zero-order valence-electron chi connectivity index (χ0n) is 13.6. The molecule has 0 unspecified atom stereocenters. The fourth-order valence-corrected chi connectivity index (χ4v) is 2.31. The number of rotatable bonds is 5. The van der Waals surface area contributed by atoms with E-state index in [1.807, 2.05) is 12.3 Å². The first kappa shape index (κ1) is 18.5. The molecule has 0 saturated carbocycles. The number of aromatic nitrogens is 2. The summed E-state index contributed by atoms with van der Waals surface area (Å²) in [4.78, 5) is 13.2. The van der Waals surface area contributed by atoms with Crippen LogP contribution in [-0.4, -0.2) is 16.2 Å². The topological polar surface area (TPSA) is 38.1 Å². The molecule has 1 heterocycles. The summed E-state index contributed by atoms with van der Waals surface area (Å²) in [5.41, 5.74) is 3.70. The minimum absolute atomic E-state index is 0. The van der Waals surface area contributed by atoms with Gasteiger partial charge in [0.2, 0.25) is 0 Å². The molecule has 2 aromatic rings. The SMILES string of the molecule is CC(C)c1cccc(C(C)C)c1N=CCc1ncccn1.[Ni]. The quantitative estimate of drug-likeness (QED) is 0.586. The number of hydrogen-bond acceptors (Lipinski definition) is 3. The van der Waals surface area contributed by atoms with E-state index in [4.69, 9.17) is 4.99 Å². The van der Waals surface area contributed by atoms with Gasteiger partial charge in [-0.3, -0.25) is 4.99 Å². The predicted octanol–water partition coefficient (Wildman–Crippen LogP) is 4.67. The summed E-state index contributed by atoms with van der Waals surface area (Å²) in [6.07, 6.45) is 6.10. The van der Waals surface area contributed by atoms with Crippen LogP contribution in [0.5, 0.6) is 0 Å². The number of nitrogens with zero attached hydrogens (tertiary/aromatic N) is 3. The van der Waals surface area contributed by atoms with Gasteiger partial charge in [-0.25, -0.2) is 9.97 Å². The van der Waals surface area contributed by atoms with E-state index in [0.29, 0.717) is 18.3 Å². The third-order valence-electron chi connectivity index (χ3n) is 3.46. The molecule has 0 N–H and O–H groups in total. The van der Waals surface area contributed by atoms with Crippen molar-refractivity contribution in [1.29, 1.82) is 0 Å². The van der Waals surface area contributed by atoms with Crippen molar-refractivity contribution in [2.75, 3.05) is 0 Å². The fourth-order valence-electron chi connectivity index (χ4n) is 2.31. The van der Waals surface area contributed by atoms with Crippen molar-refractivity contribution >= 4 is 11.9 Å². The summed E-state index contributed by atoms with van der Waals surface area (Å²) in [6, 6.07) is 8.29. The Labute approximate surface area is 143 Å². The van der Waals surface area contributed by atoms with Crippen LogP contribution in [0.4, 0.5) is 5.69 Å². The zero-order chi connectivity index (χ0) is 15.2. The van der Waals surface area contributed by atoms with Gasteiger partial charge in [-0.15, -0.1) is 0 Å². The molecule has 2 rings (SSSR count). The molecule has 120 valence electrons. The van der Waals surface area contributed by atoms with Gasteiger partial charge in [-0.1, -0.05) is 45.9 Å². The molecule has 0 aliphatic rings. The molecule has 0 radical (unpaired) electrons.